The van der Waals surface area contributed by atoms with Crippen molar-refractivity contribution < 1.29 is 27.2 Å². The second-order valence-corrected chi connectivity index (χ2v) is 8.52. The molecule has 2 aliphatic rings. The van der Waals surface area contributed by atoms with E-state index >= 15 is 0 Å². The highest BCUT2D eigenvalue weighted by Gasteiger charge is 2.43. The van der Waals surface area contributed by atoms with Crippen LogP contribution in [0, 0.1) is 5.82 Å². The Morgan fingerprint density at radius 2 is 2.07 bits per heavy atom. The third-order valence-electron chi connectivity index (χ3n) is 4.48. The molecule has 9 nitrogen and oxygen atoms in total. The van der Waals surface area contributed by atoms with Crippen molar-refractivity contribution in [3.8, 4) is 0 Å². The number of hydrogen-bond acceptors (Lipinski definition) is 6. The Hall–Kier alpha value is -2.82. The quantitative estimate of drug-likeness (QED) is 0.539. The van der Waals surface area contributed by atoms with Crippen LogP contribution in [0.1, 0.15) is 18.4 Å². The van der Waals surface area contributed by atoms with Crippen molar-refractivity contribution in [2.45, 2.75) is 25.4 Å². The van der Waals surface area contributed by atoms with Gasteiger partial charge in [-0.3, -0.25) is 19.3 Å². The molecule has 2 amide bonds. The summed E-state index contributed by atoms with van der Waals surface area (Å²) in [5.74, 6) is -3.75. The van der Waals surface area contributed by atoms with Crippen molar-refractivity contribution in [2.75, 3.05) is 19.3 Å². The maximum Gasteiger partial charge on any atom is 0.299 e. The van der Waals surface area contributed by atoms with Crippen LogP contribution in [-0.2, 0) is 31.0 Å². The summed E-state index contributed by atoms with van der Waals surface area (Å²) >= 11 is 0. The molecule has 0 radical (unpaired) electrons. The van der Waals surface area contributed by atoms with Crippen LogP contribution in [0.15, 0.2) is 29.3 Å². The molecule has 0 spiro atoms. The monoisotopic (exact) mass is 410 g/mol. The molecule has 150 valence electrons. The van der Waals surface area contributed by atoms with Crippen LogP contribution in [0.4, 0.5) is 4.39 Å². The van der Waals surface area contributed by atoms with Gasteiger partial charge in [-0.25, -0.2) is 22.1 Å². The van der Waals surface area contributed by atoms with Crippen molar-refractivity contribution in [1.29, 1.82) is 0 Å². The minimum Gasteiger partial charge on any atom is -0.350 e. The van der Waals surface area contributed by atoms with Gasteiger partial charge in [-0.15, -0.1) is 0 Å². The smallest absolute Gasteiger partial charge is 0.299 e. The summed E-state index contributed by atoms with van der Waals surface area (Å²) in [5.41, 5.74) is 0.461. The average molecular weight is 410 g/mol. The summed E-state index contributed by atoms with van der Waals surface area (Å²) in [6, 6.07) is 3.83. The number of hydrogen-bond donors (Lipinski definition) is 1. The summed E-state index contributed by atoms with van der Waals surface area (Å²) in [7, 11) is -2.44. The number of carbonyl (C=O) groups excluding carboxylic acids is 3. The Kier molecular flexibility index (Phi) is 5.45. The van der Waals surface area contributed by atoms with E-state index in [1.165, 1.54) is 25.2 Å². The number of guanidine groups is 1. The molecule has 3 rings (SSSR count). The van der Waals surface area contributed by atoms with Gasteiger partial charge in [0.1, 0.15) is 5.82 Å². The van der Waals surface area contributed by atoms with Crippen LogP contribution in [0.5, 0.6) is 0 Å². The van der Waals surface area contributed by atoms with Crippen LogP contribution in [0.2, 0.25) is 0 Å². The number of likely N-dealkylation sites (N-methyl/N-ethyl adjacent to an activating group) is 1. The van der Waals surface area contributed by atoms with E-state index in [0.29, 0.717) is 18.4 Å². The Bertz CT molecular complexity index is 962. The van der Waals surface area contributed by atoms with Gasteiger partial charge < -0.3 is 5.32 Å². The fourth-order valence-electron chi connectivity index (χ4n) is 2.99. The van der Waals surface area contributed by atoms with Crippen LogP contribution in [0.3, 0.4) is 0 Å². The SMILES string of the molecule is CN1C(=O)C(=O)C(C(=O)NCc2cccc(F)c2)N=C1N1CCCCS1(=O)=O. The largest absolute Gasteiger partial charge is 0.350 e. The van der Waals surface area contributed by atoms with Gasteiger partial charge in [0.05, 0.1) is 5.75 Å². The normalized spacial score (nSPS) is 22.1. The second-order valence-electron chi connectivity index (χ2n) is 6.50. The maximum atomic E-state index is 13.2. The topological polar surface area (TPSA) is 116 Å². The molecule has 1 aromatic carbocycles. The zero-order chi connectivity index (χ0) is 20.5. The minimum absolute atomic E-state index is 0.0722. The predicted molar refractivity (Wildman–Crippen MR) is 97.0 cm³/mol. The van der Waals surface area contributed by atoms with E-state index < -0.39 is 39.5 Å². The molecule has 1 aromatic rings. The van der Waals surface area contributed by atoms with Gasteiger partial charge in [-0.2, -0.15) is 0 Å². The molecule has 1 saturated heterocycles. The van der Waals surface area contributed by atoms with Crippen molar-refractivity contribution in [1.82, 2.24) is 14.5 Å². The van der Waals surface area contributed by atoms with E-state index in [0.717, 1.165) is 9.21 Å². The summed E-state index contributed by atoms with van der Waals surface area (Å²) in [5, 5.41) is 2.43. The third kappa shape index (κ3) is 3.88. The Labute approximate surface area is 161 Å². The van der Waals surface area contributed by atoms with Crippen LogP contribution in [-0.4, -0.2) is 66.6 Å². The summed E-state index contributed by atoms with van der Waals surface area (Å²) in [4.78, 5) is 41.8. The zero-order valence-corrected chi connectivity index (χ0v) is 15.9. The molecule has 2 aliphatic heterocycles. The molecule has 1 unspecified atom stereocenters. The van der Waals surface area contributed by atoms with Crippen molar-refractivity contribution in [3.05, 3.63) is 35.6 Å². The first kappa shape index (κ1) is 19.9. The number of ketones is 1. The second kappa shape index (κ2) is 7.66. The summed E-state index contributed by atoms with van der Waals surface area (Å²) in [6.45, 7) is 0.0435. The van der Waals surface area contributed by atoms with Crippen LogP contribution < -0.4 is 5.32 Å². The number of carbonyl (C=O) groups is 3. The first-order valence-corrected chi connectivity index (χ1v) is 10.2. The van der Waals surface area contributed by atoms with Crippen molar-refractivity contribution in [2.24, 2.45) is 4.99 Å². The molecular formula is C17H19FN4O5S. The Balaban J connectivity index is 1.84. The third-order valence-corrected chi connectivity index (χ3v) is 6.31. The Morgan fingerprint density at radius 3 is 2.75 bits per heavy atom. The average Bonchev–Trinajstić information content (AvgIpc) is 2.65. The van der Waals surface area contributed by atoms with Gasteiger partial charge >= 0.3 is 0 Å². The van der Waals surface area contributed by atoms with Crippen molar-refractivity contribution in [3.63, 3.8) is 0 Å². The molecule has 0 aromatic heterocycles. The fraction of sp³-hybridized carbons (Fsp3) is 0.412. The number of sulfonamides is 1. The van der Waals surface area contributed by atoms with E-state index in [2.05, 4.69) is 10.3 Å². The van der Waals surface area contributed by atoms with E-state index in [1.54, 1.807) is 6.07 Å². The lowest BCUT2D eigenvalue weighted by Crippen LogP contribution is -2.58. The predicted octanol–water partition coefficient (Wildman–Crippen LogP) is -0.367. The van der Waals surface area contributed by atoms with Gasteiger partial charge in [0.15, 0.2) is 6.04 Å². The van der Waals surface area contributed by atoms with Crippen molar-refractivity contribution >= 4 is 33.6 Å². The zero-order valence-electron chi connectivity index (χ0n) is 15.1. The number of rotatable bonds is 3. The number of nitrogens with zero attached hydrogens (tertiary/aromatic N) is 3. The molecule has 0 saturated carbocycles. The summed E-state index contributed by atoms with van der Waals surface area (Å²) < 4.78 is 38.8. The molecule has 2 heterocycles. The van der Waals surface area contributed by atoms with Gasteiger partial charge in [0.2, 0.25) is 16.0 Å². The lowest BCUT2D eigenvalue weighted by Gasteiger charge is -2.35. The standard InChI is InChI=1S/C17H19FN4O5S/c1-21-16(25)14(23)13(15(24)19-10-11-5-4-6-12(18)9-11)20-17(21)22-7-2-3-8-28(22,26)27/h4-6,9,13H,2-3,7-8,10H2,1H3,(H,19,24). The van der Waals surface area contributed by atoms with Crippen LogP contribution >= 0.6 is 0 Å². The van der Waals surface area contributed by atoms with E-state index in [4.69, 9.17) is 0 Å². The minimum atomic E-state index is -3.68. The number of Topliss-reactive ketones (excluding diaryl/α,β-unsaturated/α-hetero) is 1. The van der Waals surface area contributed by atoms with E-state index in [-0.39, 0.29) is 24.8 Å². The maximum absolute atomic E-state index is 13.2. The molecule has 1 atom stereocenters. The Morgan fingerprint density at radius 1 is 1.32 bits per heavy atom. The number of amides is 2. The number of halogens is 1. The van der Waals surface area contributed by atoms with Crippen LogP contribution in [0.25, 0.3) is 0 Å². The van der Waals surface area contributed by atoms with E-state index in [9.17, 15) is 27.2 Å². The van der Waals surface area contributed by atoms with E-state index in [1.807, 2.05) is 0 Å². The highest BCUT2D eigenvalue weighted by Crippen LogP contribution is 2.19. The first-order valence-electron chi connectivity index (χ1n) is 8.63. The lowest BCUT2D eigenvalue weighted by molar-refractivity contribution is -0.145. The van der Waals surface area contributed by atoms with Gasteiger partial charge in [0.25, 0.3) is 17.6 Å². The van der Waals surface area contributed by atoms with Gasteiger partial charge in [-0.05, 0) is 30.5 Å². The molecule has 11 heteroatoms. The molecule has 1 N–H and O–H groups in total. The molecular weight excluding hydrogens is 391 g/mol. The molecule has 0 aliphatic carbocycles. The number of nitrogens with one attached hydrogen (secondary N) is 1. The molecule has 1 fully saturated rings. The highest BCUT2D eigenvalue weighted by molar-refractivity contribution is 7.89. The van der Waals surface area contributed by atoms with Gasteiger partial charge in [-0.1, -0.05) is 12.1 Å². The molecule has 0 bridgehead atoms. The lowest BCUT2D eigenvalue weighted by atomic mass is 10.1. The fourth-order valence-corrected chi connectivity index (χ4v) is 4.60. The summed E-state index contributed by atoms with van der Waals surface area (Å²) in [6.07, 6.45) is 1.06. The first-order chi connectivity index (χ1) is 13.2. The van der Waals surface area contributed by atoms with Gasteiger partial charge in [0, 0.05) is 20.1 Å². The number of aliphatic imine (C=N–C) groups is 1. The highest BCUT2D eigenvalue weighted by atomic mass is 32.2. The molecule has 28 heavy (non-hydrogen) atoms. The number of benzene rings is 1.